The molecule has 0 saturated heterocycles. The molecule has 0 amide bonds. The molecular weight excluding hydrogens is 220 g/mol. The van der Waals surface area contributed by atoms with Crippen LogP contribution in [0.5, 0.6) is 0 Å². The molecule has 2 N–H and O–H groups in total. The lowest BCUT2D eigenvalue weighted by molar-refractivity contribution is -0.137. The van der Waals surface area contributed by atoms with Crippen LogP contribution in [-0.2, 0) is 9.59 Å². The second kappa shape index (κ2) is 11.2. The molecule has 0 heterocycles. The molecule has 0 radical (unpaired) electrons. The summed E-state index contributed by atoms with van der Waals surface area (Å²) in [5.74, 6) is -1.51. The summed E-state index contributed by atoms with van der Waals surface area (Å²) in [7, 11) is 0. The van der Waals surface area contributed by atoms with E-state index in [1.165, 1.54) is 0 Å². The normalized spacial score (nSPS) is 10.8. The molecule has 4 nitrogen and oxygen atoms in total. The summed E-state index contributed by atoms with van der Waals surface area (Å²) in [5, 5.41) is 16.8. The lowest BCUT2D eigenvalue weighted by Crippen LogP contribution is -1.93. The maximum Gasteiger partial charge on any atom is 0.307 e. The molecule has 0 aliphatic carbocycles. The van der Waals surface area contributed by atoms with E-state index in [9.17, 15) is 9.59 Å². The van der Waals surface area contributed by atoms with E-state index in [-0.39, 0.29) is 12.8 Å². The Labute approximate surface area is 102 Å². The zero-order valence-electron chi connectivity index (χ0n) is 10.2. The summed E-state index contributed by atoms with van der Waals surface area (Å²) >= 11 is 0. The summed E-state index contributed by atoms with van der Waals surface area (Å²) in [4.78, 5) is 20.4. The van der Waals surface area contributed by atoms with Gasteiger partial charge in [0, 0.05) is 6.42 Å². The second-order valence-electron chi connectivity index (χ2n) is 4.12. The quantitative estimate of drug-likeness (QED) is 0.431. The van der Waals surface area contributed by atoms with Crippen molar-refractivity contribution in [1.29, 1.82) is 0 Å². The Morgan fingerprint density at radius 2 is 1.35 bits per heavy atom. The van der Waals surface area contributed by atoms with Gasteiger partial charge in [0.2, 0.25) is 0 Å². The molecule has 0 aromatic heterocycles. The zero-order valence-corrected chi connectivity index (χ0v) is 10.2. The number of hydrogen-bond donors (Lipinski definition) is 2. The number of carboxylic acid groups (broad SMARTS) is 2. The van der Waals surface area contributed by atoms with Crippen LogP contribution in [-0.4, -0.2) is 22.2 Å². The number of carbonyl (C=O) groups is 2. The molecule has 0 rings (SSSR count). The number of allylic oxidation sites excluding steroid dienone is 1. The molecule has 0 atom stereocenters. The molecule has 4 heteroatoms. The molecule has 0 fully saturated rings. The Morgan fingerprint density at radius 3 is 1.94 bits per heavy atom. The molecule has 0 aliphatic heterocycles. The average molecular weight is 242 g/mol. The third kappa shape index (κ3) is 14.7. The molecule has 0 spiro atoms. The van der Waals surface area contributed by atoms with Crippen molar-refractivity contribution in [3.05, 3.63) is 12.2 Å². The van der Waals surface area contributed by atoms with Gasteiger partial charge in [0.1, 0.15) is 0 Å². The second-order valence-corrected chi connectivity index (χ2v) is 4.12. The number of carboxylic acids is 2. The van der Waals surface area contributed by atoms with Crippen molar-refractivity contribution in [2.24, 2.45) is 0 Å². The minimum absolute atomic E-state index is 0.106. The van der Waals surface area contributed by atoms with Crippen molar-refractivity contribution in [2.45, 2.75) is 57.8 Å². The Bertz CT molecular complexity index is 246. The Kier molecular flexibility index (Phi) is 10.3. The van der Waals surface area contributed by atoms with Crippen LogP contribution in [0.4, 0.5) is 0 Å². The predicted molar refractivity (Wildman–Crippen MR) is 66.0 cm³/mol. The van der Waals surface area contributed by atoms with Gasteiger partial charge < -0.3 is 10.2 Å². The first kappa shape index (κ1) is 15.7. The van der Waals surface area contributed by atoms with Crippen molar-refractivity contribution in [2.75, 3.05) is 0 Å². The highest BCUT2D eigenvalue weighted by atomic mass is 16.4. The first-order chi connectivity index (χ1) is 8.13. The van der Waals surface area contributed by atoms with Gasteiger partial charge >= 0.3 is 11.9 Å². The van der Waals surface area contributed by atoms with Gasteiger partial charge in [0.25, 0.3) is 0 Å². The smallest absolute Gasteiger partial charge is 0.307 e. The molecule has 98 valence electrons. The Morgan fingerprint density at radius 1 is 0.765 bits per heavy atom. The predicted octanol–water partition coefficient (Wildman–Crippen LogP) is 3.22. The van der Waals surface area contributed by atoms with Crippen molar-refractivity contribution in [3.63, 3.8) is 0 Å². The summed E-state index contributed by atoms with van der Waals surface area (Å²) in [6.07, 6.45) is 11.1. The average Bonchev–Trinajstić information content (AvgIpc) is 2.25. The van der Waals surface area contributed by atoms with E-state index in [1.54, 1.807) is 6.08 Å². The first-order valence-corrected chi connectivity index (χ1v) is 6.21. The van der Waals surface area contributed by atoms with Crippen molar-refractivity contribution in [3.8, 4) is 0 Å². The molecule has 0 aromatic rings. The SMILES string of the molecule is O=C(O)CC=CCCCCCCCCC(=O)O. The van der Waals surface area contributed by atoms with Gasteiger partial charge in [-0.2, -0.15) is 0 Å². The van der Waals surface area contributed by atoms with Crippen LogP contribution in [0.25, 0.3) is 0 Å². The fourth-order valence-electron chi connectivity index (χ4n) is 1.55. The van der Waals surface area contributed by atoms with Crippen LogP contribution in [0.15, 0.2) is 12.2 Å². The van der Waals surface area contributed by atoms with E-state index in [2.05, 4.69) is 0 Å². The minimum Gasteiger partial charge on any atom is -0.481 e. The van der Waals surface area contributed by atoms with Gasteiger partial charge in [-0.25, -0.2) is 0 Å². The maximum atomic E-state index is 10.2. The lowest BCUT2D eigenvalue weighted by atomic mass is 10.1. The number of rotatable bonds is 11. The standard InChI is InChI=1S/C13H22O4/c14-12(15)10-8-6-4-2-1-3-5-7-9-11-13(16)17/h6,8H,1-5,7,9-11H2,(H,14,15)(H,16,17). The van der Waals surface area contributed by atoms with Crippen molar-refractivity contribution < 1.29 is 19.8 Å². The monoisotopic (exact) mass is 242 g/mol. The van der Waals surface area contributed by atoms with E-state index in [0.29, 0.717) is 0 Å². The van der Waals surface area contributed by atoms with Gasteiger partial charge in [-0.15, -0.1) is 0 Å². The summed E-state index contributed by atoms with van der Waals surface area (Å²) < 4.78 is 0. The number of aliphatic carboxylic acids is 2. The highest BCUT2D eigenvalue weighted by molar-refractivity contribution is 5.68. The Hall–Kier alpha value is -1.32. The van der Waals surface area contributed by atoms with Crippen LogP contribution in [0.1, 0.15) is 57.8 Å². The summed E-state index contributed by atoms with van der Waals surface area (Å²) in [6, 6.07) is 0. The molecule has 17 heavy (non-hydrogen) atoms. The number of unbranched alkanes of at least 4 members (excludes halogenated alkanes) is 6. The third-order valence-corrected chi connectivity index (χ3v) is 2.47. The first-order valence-electron chi connectivity index (χ1n) is 6.21. The fraction of sp³-hybridized carbons (Fsp3) is 0.692. The van der Waals surface area contributed by atoms with Gasteiger partial charge in [0.15, 0.2) is 0 Å². The van der Waals surface area contributed by atoms with Crippen LogP contribution in [0.2, 0.25) is 0 Å². The molecule has 0 unspecified atom stereocenters. The zero-order chi connectivity index (χ0) is 12.9. The number of hydrogen-bond acceptors (Lipinski definition) is 2. The highest BCUT2D eigenvalue weighted by Gasteiger charge is 1.96. The fourth-order valence-corrected chi connectivity index (χ4v) is 1.55. The lowest BCUT2D eigenvalue weighted by Gasteiger charge is -1.99. The molecule has 0 bridgehead atoms. The summed E-state index contributed by atoms with van der Waals surface area (Å²) in [5.41, 5.74) is 0. The van der Waals surface area contributed by atoms with E-state index < -0.39 is 11.9 Å². The van der Waals surface area contributed by atoms with E-state index in [1.807, 2.05) is 6.08 Å². The van der Waals surface area contributed by atoms with Gasteiger partial charge in [-0.1, -0.05) is 37.8 Å². The van der Waals surface area contributed by atoms with E-state index >= 15 is 0 Å². The molecule has 0 aliphatic rings. The van der Waals surface area contributed by atoms with Crippen LogP contribution < -0.4 is 0 Å². The molecule has 0 saturated carbocycles. The van der Waals surface area contributed by atoms with Gasteiger partial charge in [-0.05, 0) is 19.3 Å². The summed E-state index contributed by atoms with van der Waals surface area (Å²) in [6.45, 7) is 0. The van der Waals surface area contributed by atoms with E-state index in [0.717, 1.165) is 44.9 Å². The Balaban J connectivity index is 3.11. The molecular formula is C13H22O4. The van der Waals surface area contributed by atoms with Crippen molar-refractivity contribution in [1.82, 2.24) is 0 Å². The van der Waals surface area contributed by atoms with E-state index in [4.69, 9.17) is 10.2 Å². The van der Waals surface area contributed by atoms with Gasteiger partial charge in [0.05, 0.1) is 6.42 Å². The third-order valence-electron chi connectivity index (χ3n) is 2.47. The van der Waals surface area contributed by atoms with Crippen LogP contribution in [0.3, 0.4) is 0 Å². The van der Waals surface area contributed by atoms with Crippen LogP contribution in [0, 0.1) is 0 Å². The maximum absolute atomic E-state index is 10.2. The minimum atomic E-state index is -0.792. The molecule has 0 aromatic carbocycles. The largest absolute Gasteiger partial charge is 0.481 e. The van der Waals surface area contributed by atoms with Crippen LogP contribution >= 0.6 is 0 Å². The van der Waals surface area contributed by atoms with Crippen molar-refractivity contribution >= 4 is 11.9 Å². The topological polar surface area (TPSA) is 74.6 Å². The highest BCUT2D eigenvalue weighted by Crippen LogP contribution is 2.08. The van der Waals surface area contributed by atoms with Gasteiger partial charge in [-0.3, -0.25) is 9.59 Å².